The third-order valence-corrected chi connectivity index (χ3v) is 1.59. The standard InChI is InChI=1S/C9H9ClO3/c10-9(12)5-6-13-8-3-1-7(11)2-4-8/h1-4,11H,5-6H2. The lowest BCUT2D eigenvalue weighted by Gasteiger charge is -2.03. The average Bonchev–Trinajstić information content (AvgIpc) is 2.08. The number of hydrogen-bond donors (Lipinski definition) is 1. The van der Waals surface area contributed by atoms with E-state index in [2.05, 4.69) is 0 Å². The zero-order chi connectivity index (χ0) is 9.68. The fraction of sp³-hybridized carbons (Fsp3) is 0.222. The van der Waals surface area contributed by atoms with E-state index in [1.807, 2.05) is 0 Å². The number of ether oxygens (including phenoxy) is 1. The first-order valence-electron chi connectivity index (χ1n) is 3.78. The Balaban J connectivity index is 2.37. The zero-order valence-electron chi connectivity index (χ0n) is 6.87. The maximum atomic E-state index is 10.3. The van der Waals surface area contributed by atoms with Gasteiger partial charge in [-0.3, -0.25) is 4.79 Å². The van der Waals surface area contributed by atoms with Crippen LogP contribution in [0.3, 0.4) is 0 Å². The summed E-state index contributed by atoms with van der Waals surface area (Å²) in [7, 11) is 0. The predicted octanol–water partition coefficient (Wildman–Crippen LogP) is 1.93. The summed E-state index contributed by atoms with van der Waals surface area (Å²) in [5, 5.41) is 8.52. The summed E-state index contributed by atoms with van der Waals surface area (Å²) >= 11 is 5.11. The van der Waals surface area contributed by atoms with Crippen LogP contribution in [-0.4, -0.2) is 17.0 Å². The average molecular weight is 201 g/mol. The lowest BCUT2D eigenvalue weighted by molar-refractivity contribution is -0.112. The van der Waals surface area contributed by atoms with Crippen molar-refractivity contribution in [3.63, 3.8) is 0 Å². The Morgan fingerprint density at radius 3 is 2.54 bits per heavy atom. The summed E-state index contributed by atoms with van der Waals surface area (Å²) in [5.74, 6) is 0.788. The second-order valence-electron chi connectivity index (χ2n) is 2.45. The number of phenols is 1. The van der Waals surface area contributed by atoms with Crippen LogP contribution in [0.15, 0.2) is 24.3 Å². The van der Waals surface area contributed by atoms with Gasteiger partial charge in [-0.1, -0.05) is 0 Å². The molecule has 0 spiro atoms. The first kappa shape index (κ1) is 9.86. The van der Waals surface area contributed by atoms with Gasteiger partial charge >= 0.3 is 0 Å². The smallest absolute Gasteiger partial charge is 0.225 e. The van der Waals surface area contributed by atoms with Gasteiger partial charge in [-0.2, -0.15) is 0 Å². The predicted molar refractivity (Wildman–Crippen MR) is 49.1 cm³/mol. The molecule has 1 aromatic rings. The highest BCUT2D eigenvalue weighted by Crippen LogP contribution is 2.15. The van der Waals surface area contributed by atoms with Crippen LogP contribution in [-0.2, 0) is 4.79 Å². The van der Waals surface area contributed by atoms with Gasteiger partial charge in [0.25, 0.3) is 0 Å². The number of carbonyl (C=O) groups excluding carboxylic acids is 1. The van der Waals surface area contributed by atoms with Crippen LogP contribution in [0.2, 0.25) is 0 Å². The van der Waals surface area contributed by atoms with E-state index >= 15 is 0 Å². The number of phenolic OH excluding ortho intramolecular Hbond substituents is 1. The van der Waals surface area contributed by atoms with E-state index in [0.29, 0.717) is 5.75 Å². The van der Waals surface area contributed by atoms with Crippen molar-refractivity contribution in [1.82, 2.24) is 0 Å². The van der Waals surface area contributed by atoms with Gasteiger partial charge in [-0.05, 0) is 35.9 Å². The molecule has 0 saturated carbocycles. The summed E-state index contributed by atoms with van der Waals surface area (Å²) in [6.45, 7) is 0.257. The Hall–Kier alpha value is -1.22. The van der Waals surface area contributed by atoms with E-state index in [9.17, 15) is 4.79 Å². The van der Waals surface area contributed by atoms with Gasteiger partial charge in [0.2, 0.25) is 5.24 Å². The van der Waals surface area contributed by atoms with Crippen molar-refractivity contribution in [1.29, 1.82) is 0 Å². The van der Waals surface area contributed by atoms with Gasteiger partial charge in [0.15, 0.2) is 0 Å². The monoisotopic (exact) mass is 200 g/mol. The molecule has 0 atom stereocenters. The summed E-state index contributed by atoms with van der Waals surface area (Å²) < 4.78 is 5.16. The Kier molecular flexibility index (Phi) is 3.58. The third kappa shape index (κ3) is 3.80. The summed E-state index contributed by atoms with van der Waals surface area (Å²) in [6, 6.07) is 6.26. The normalized spacial score (nSPS) is 9.62. The van der Waals surface area contributed by atoms with Crippen LogP contribution in [0.25, 0.3) is 0 Å². The number of hydrogen-bond acceptors (Lipinski definition) is 3. The van der Waals surface area contributed by atoms with E-state index in [0.717, 1.165) is 0 Å². The molecule has 1 aromatic carbocycles. The molecular formula is C9H9ClO3. The van der Waals surface area contributed by atoms with E-state index in [4.69, 9.17) is 21.4 Å². The molecule has 0 amide bonds. The molecule has 0 unspecified atom stereocenters. The van der Waals surface area contributed by atoms with Crippen LogP contribution >= 0.6 is 11.6 Å². The summed E-state index contributed by atoms with van der Waals surface area (Å²) in [4.78, 5) is 10.3. The lowest BCUT2D eigenvalue weighted by atomic mass is 10.3. The molecule has 0 aliphatic heterocycles. The first-order chi connectivity index (χ1) is 6.18. The molecule has 13 heavy (non-hydrogen) atoms. The second-order valence-corrected chi connectivity index (χ2v) is 2.87. The number of rotatable bonds is 4. The molecule has 1 N–H and O–H groups in total. The van der Waals surface area contributed by atoms with Crippen LogP contribution in [0.4, 0.5) is 0 Å². The van der Waals surface area contributed by atoms with Gasteiger partial charge in [-0.25, -0.2) is 0 Å². The van der Waals surface area contributed by atoms with Crippen molar-refractivity contribution >= 4 is 16.8 Å². The molecule has 0 aliphatic carbocycles. The van der Waals surface area contributed by atoms with Gasteiger partial charge in [0.1, 0.15) is 11.5 Å². The number of halogens is 1. The molecular weight excluding hydrogens is 192 g/mol. The summed E-state index contributed by atoms with van der Waals surface area (Å²) in [6.07, 6.45) is 0.183. The molecule has 1 rings (SSSR count). The highest BCUT2D eigenvalue weighted by atomic mass is 35.5. The van der Waals surface area contributed by atoms with Crippen LogP contribution in [0.5, 0.6) is 11.5 Å². The Morgan fingerprint density at radius 1 is 1.38 bits per heavy atom. The molecule has 0 heterocycles. The molecule has 0 saturated heterocycles. The summed E-state index contributed by atoms with van der Waals surface area (Å²) in [5.41, 5.74) is 0. The Labute approximate surface area is 80.9 Å². The van der Waals surface area contributed by atoms with Crippen LogP contribution in [0.1, 0.15) is 6.42 Å². The fourth-order valence-corrected chi connectivity index (χ4v) is 0.869. The molecule has 3 nitrogen and oxygen atoms in total. The Bertz CT molecular complexity index is 281. The van der Waals surface area contributed by atoms with Gasteiger partial charge in [0, 0.05) is 0 Å². The van der Waals surface area contributed by atoms with E-state index in [1.165, 1.54) is 12.1 Å². The Morgan fingerprint density at radius 2 is 2.00 bits per heavy atom. The van der Waals surface area contributed by atoms with E-state index < -0.39 is 5.24 Å². The second kappa shape index (κ2) is 4.72. The van der Waals surface area contributed by atoms with Crippen molar-refractivity contribution in [3.8, 4) is 11.5 Å². The van der Waals surface area contributed by atoms with Crippen molar-refractivity contribution in [2.24, 2.45) is 0 Å². The number of aromatic hydroxyl groups is 1. The number of carbonyl (C=O) groups is 1. The highest BCUT2D eigenvalue weighted by Gasteiger charge is 1.97. The van der Waals surface area contributed by atoms with Crippen molar-refractivity contribution < 1.29 is 14.6 Å². The lowest BCUT2D eigenvalue weighted by Crippen LogP contribution is -2.00. The van der Waals surface area contributed by atoms with Crippen LogP contribution in [0, 0.1) is 0 Å². The van der Waals surface area contributed by atoms with Gasteiger partial charge < -0.3 is 9.84 Å². The SMILES string of the molecule is O=C(Cl)CCOc1ccc(O)cc1. The highest BCUT2D eigenvalue weighted by molar-refractivity contribution is 6.63. The third-order valence-electron chi connectivity index (χ3n) is 1.40. The van der Waals surface area contributed by atoms with Gasteiger partial charge in [0.05, 0.1) is 13.0 Å². The maximum absolute atomic E-state index is 10.3. The molecule has 4 heteroatoms. The molecule has 0 bridgehead atoms. The quantitative estimate of drug-likeness (QED) is 0.756. The topological polar surface area (TPSA) is 46.5 Å². The van der Waals surface area contributed by atoms with E-state index in [1.54, 1.807) is 12.1 Å². The molecule has 0 radical (unpaired) electrons. The van der Waals surface area contributed by atoms with Crippen LogP contribution < -0.4 is 4.74 Å². The molecule has 70 valence electrons. The van der Waals surface area contributed by atoms with Crippen molar-refractivity contribution in [3.05, 3.63) is 24.3 Å². The maximum Gasteiger partial charge on any atom is 0.225 e. The number of benzene rings is 1. The first-order valence-corrected chi connectivity index (χ1v) is 4.16. The fourth-order valence-electron chi connectivity index (χ4n) is 0.791. The zero-order valence-corrected chi connectivity index (χ0v) is 7.62. The van der Waals surface area contributed by atoms with Gasteiger partial charge in [-0.15, -0.1) is 0 Å². The van der Waals surface area contributed by atoms with Crippen molar-refractivity contribution in [2.75, 3.05) is 6.61 Å². The molecule has 0 aromatic heterocycles. The largest absolute Gasteiger partial charge is 0.508 e. The van der Waals surface area contributed by atoms with E-state index in [-0.39, 0.29) is 18.8 Å². The molecule has 0 fully saturated rings. The minimum absolute atomic E-state index is 0.181. The molecule has 0 aliphatic rings. The van der Waals surface area contributed by atoms with Crippen molar-refractivity contribution in [2.45, 2.75) is 6.42 Å². The minimum Gasteiger partial charge on any atom is -0.508 e. The minimum atomic E-state index is -0.418.